The fourth-order valence-electron chi connectivity index (χ4n) is 2.53. The summed E-state index contributed by atoms with van der Waals surface area (Å²) in [6, 6.07) is 9.90. The van der Waals surface area contributed by atoms with E-state index in [0.717, 1.165) is 25.1 Å². The highest BCUT2D eigenvalue weighted by molar-refractivity contribution is 6.02. The molecule has 0 amide bonds. The summed E-state index contributed by atoms with van der Waals surface area (Å²) in [5.74, 6) is 0.660. The number of anilines is 2. The third-order valence-corrected chi connectivity index (χ3v) is 3.45. The lowest BCUT2D eigenvalue weighted by Gasteiger charge is -2.30. The third kappa shape index (κ3) is 2.05. The molecule has 0 spiro atoms. The normalized spacial score (nSPS) is 15.0. The Morgan fingerprint density at radius 3 is 3.00 bits per heavy atom. The molecule has 0 saturated carbocycles. The molecule has 0 unspecified atom stereocenters. The molecular formula is C14H15N5O. The van der Waals surface area contributed by atoms with Gasteiger partial charge in [-0.3, -0.25) is 0 Å². The van der Waals surface area contributed by atoms with Crippen LogP contribution in [0, 0.1) is 0 Å². The van der Waals surface area contributed by atoms with Crippen LogP contribution in [0.15, 0.2) is 41.7 Å². The van der Waals surface area contributed by atoms with Crippen molar-refractivity contribution >= 4 is 17.3 Å². The average molecular weight is 269 g/mol. The van der Waals surface area contributed by atoms with E-state index in [1.165, 1.54) is 11.8 Å². The minimum Gasteiger partial charge on any atom is -0.409 e. The van der Waals surface area contributed by atoms with Gasteiger partial charge in [0.15, 0.2) is 11.7 Å². The smallest absolute Gasteiger partial charge is 0.173 e. The van der Waals surface area contributed by atoms with Crippen molar-refractivity contribution in [2.45, 2.75) is 12.8 Å². The number of aryl methyl sites for hydroxylation is 1. The van der Waals surface area contributed by atoms with Crippen molar-refractivity contribution in [2.75, 3.05) is 11.4 Å². The van der Waals surface area contributed by atoms with Crippen LogP contribution in [0.2, 0.25) is 0 Å². The molecule has 0 aliphatic carbocycles. The Hall–Kier alpha value is -2.63. The molecule has 0 atom stereocenters. The highest BCUT2D eigenvalue weighted by atomic mass is 16.4. The van der Waals surface area contributed by atoms with Gasteiger partial charge in [0.1, 0.15) is 0 Å². The van der Waals surface area contributed by atoms with Gasteiger partial charge < -0.3 is 15.8 Å². The molecule has 1 aromatic heterocycles. The number of para-hydroxylation sites is 1. The third-order valence-electron chi connectivity index (χ3n) is 3.45. The van der Waals surface area contributed by atoms with Crippen molar-refractivity contribution in [3.05, 3.63) is 47.7 Å². The van der Waals surface area contributed by atoms with Crippen LogP contribution in [0.25, 0.3) is 0 Å². The van der Waals surface area contributed by atoms with Gasteiger partial charge in [0.2, 0.25) is 0 Å². The Morgan fingerprint density at radius 1 is 1.30 bits per heavy atom. The van der Waals surface area contributed by atoms with Crippen LogP contribution in [-0.2, 0) is 6.42 Å². The SMILES string of the molecule is N/C(=N/O)c1ccnnc1N1CCCc2ccccc21. The number of rotatable bonds is 2. The lowest BCUT2D eigenvalue weighted by molar-refractivity contribution is 0.318. The van der Waals surface area contributed by atoms with Crippen LogP contribution in [0.1, 0.15) is 17.5 Å². The summed E-state index contributed by atoms with van der Waals surface area (Å²) in [6.45, 7) is 0.835. The van der Waals surface area contributed by atoms with Gasteiger partial charge in [0.05, 0.1) is 11.8 Å². The molecule has 0 saturated heterocycles. The summed E-state index contributed by atoms with van der Waals surface area (Å²) in [7, 11) is 0. The first kappa shape index (κ1) is 12.4. The number of oxime groups is 1. The molecular weight excluding hydrogens is 254 g/mol. The fraction of sp³-hybridized carbons (Fsp3) is 0.214. The summed E-state index contributed by atoms with van der Waals surface area (Å²) in [6.07, 6.45) is 3.61. The van der Waals surface area contributed by atoms with Crippen molar-refractivity contribution in [1.29, 1.82) is 0 Å². The van der Waals surface area contributed by atoms with E-state index in [1.807, 2.05) is 12.1 Å². The predicted octanol–water partition coefficient (Wildman–Crippen LogP) is 1.66. The molecule has 1 aliphatic rings. The summed E-state index contributed by atoms with van der Waals surface area (Å²) in [5, 5.41) is 20.1. The van der Waals surface area contributed by atoms with Gasteiger partial charge in [-0.25, -0.2) is 0 Å². The number of hydrogen-bond acceptors (Lipinski definition) is 5. The number of amidine groups is 1. The fourth-order valence-corrected chi connectivity index (χ4v) is 2.53. The van der Waals surface area contributed by atoms with Gasteiger partial charge >= 0.3 is 0 Å². The largest absolute Gasteiger partial charge is 0.409 e. The molecule has 6 heteroatoms. The summed E-state index contributed by atoms with van der Waals surface area (Å²) in [4.78, 5) is 2.07. The van der Waals surface area contributed by atoms with E-state index < -0.39 is 0 Å². The summed E-state index contributed by atoms with van der Waals surface area (Å²) in [5.41, 5.74) is 8.69. The highest BCUT2D eigenvalue weighted by Crippen LogP contribution is 2.33. The summed E-state index contributed by atoms with van der Waals surface area (Å²) < 4.78 is 0. The van der Waals surface area contributed by atoms with Crippen molar-refractivity contribution in [1.82, 2.24) is 10.2 Å². The zero-order valence-corrected chi connectivity index (χ0v) is 10.9. The number of nitrogens with zero attached hydrogens (tertiary/aromatic N) is 4. The van der Waals surface area contributed by atoms with E-state index in [4.69, 9.17) is 10.9 Å². The maximum absolute atomic E-state index is 8.90. The monoisotopic (exact) mass is 269 g/mol. The van der Waals surface area contributed by atoms with Crippen molar-refractivity contribution < 1.29 is 5.21 Å². The molecule has 6 nitrogen and oxygen atoms in total. The molecule has 0 radical (unpaired) electrons. The first-order valence-corrected chi connectivity index (χ1v) is 6.46. The number of benzene rings is 1. The standard InChI is InChI=1S/C14H15N5O/c15-13(18-20)11-7-8-16-17-14(11)19-9-3-5-10-4-1-2-6-12(10)19/h1-2,4,6-8,20H,3,5,9H2,(H2,15,18). The van der Waals surface area contributed by atoms with Gasteiger partial charge in [-0.05, 0) is 30.5 Å². The van der Waals surface area contributed by atoms with Crippen LogP contribution < -0.4 is 10.6 Å². The Balaban J connectivity index is 2.12. The Kier molecular flexibility index (Phi) is 3.20. The first-order chi connectivity index (χ1) is 9.81. The minimum atomic E-state index is 0.0398. The molecule has 2 aromatic rings. The second kappa shape index (κ2) is 5.16. The number of hydrogen-bond donors (Lipinski definition) is 2. The molecule has 1 aliphatic heterocycles. The second-order valence-electron chi connectivity index (χ2n) is 4.64. The molecule has 20 heavy (non-hydrogen) atoms. The van der Waals surface area contributed by atoms with Crippen molar-refractivity contribution in [3.63, 3.8) is 0 Å². The molecule has 0 fully saturated rings. The van der Waals surface area contributed by atoms with Crippen LogP contribution in [-0.4, -0.2) is 27.8 Å². The lowest BCUT2D eigenvalue weighted by Crippen LogP contribution is -2.28. The first-order valence-electron chi connectivity index (χ1n) is 6.46. The summed E-state index contributed by atoms with van der Waals surface area (Å²) >= 11 is 0. The molecule has 3 N–H and O–H groups in total. The topological polar surface area (TPSA) is 87.6 Å². The van der Waals surface area contributed by atoms with Crippen LogP contribution in [0.4, 0.5) is 11.5 Å². The number of aromatic nitrogens is 2. The van der Waals surface area contributed by atoms with Crippen molar-refractivity contribution in [3.8, 4) is 0 Å². The van der Waals surface area contributed by atoms with Crippen LogP contribution in [0.5, 0.6) is 0 Å². The zero-order chi connectivity index (χ0) is 13.9. The molecule has 0 bridgehead atoms. The Morgan fingerprint density at radius 2 is 2.15 bits per heavy atom. The van der Waals surface area contributed by atoms with E-state index in [-0.39, 0.29) is 5.84 Å². The minimum absolute atomic E-state index is 0.0398. The maximum atomic E-state index is 8.90. The Bertz CT molecular complexity index is 656. The Labute approximate surface area is 116 Å². The van der Waals surface area contributed by atoms with Gasteiger partial charge in [0.25, 0.3) is 0 Å². The average Bonchev–Trinajstić information content (AvgIpc) is 2.53. The highest BCUT2D eigenvalue weighted by Gasteiger charge is 2.22. The van der Waals surface area contributed by atoms with E-state index in [1.54, 1.807) is 6.07 Å². The molecule has 1 aromatic carbocycles. The van der Waals surface area contributed by atoms with Crippen molar-refractivity contribution in [2.24, 2.45) is 10.9 Å². The van der Waals surface area contributed by atoms with Gasteiger partial charge in [-0.1, -0.05) is 23.4 Å². The maximum Gasteiger partial charge on any atom is 0.173 e. The van der Waals surface area contributed by atoms with Gasteiger partial charge in [0, 0.05) is 12.2 Å². The van der Waals surface area contributed by atoms with E-state index in [9.17, 15) is 0 Å². The molecule has 2 heterocycles. The molecule has 102 valence electrons. The van der Waals surface area contributed by atoms with Gasteiger partial charge in [-0.15, -0.1) is 5.10 Å². The van der Waals surface area contributed by atoms with E-state index in [0.29, 0.717) is 11.4 Å². The predicted molar refractivity (Wildman–Crippen MR) is 76.3 cm³/mol. The van der Waals surface area contributed by atoms with Crippen LogP contribution >= 0.6 is 0 Å². The zero-order valence-electron chi connectivity index (χ0n) is 10.9. The quantitative estimate of drug-likeness (QED) is 0.374. The lowest BCUT2D eigenvalue weighted by atomic mass is 10.0. The van der Waals surface area contributed by atoms with Gasteiger partial charge in [-0.2, -0.15) is 5.10 Å². The van der Waals surface area contributed by atoms with Crippen LogP contribution in [0.3, 0.4) is 0 Å². The number of fused-ring (bicyclic) bond motifs is 1. The molecule has 3 rings (SSSR count). The second-order valence-corrected chi connectivity index (χ2v) is 4.64. The number of nitrogens with two attached hydrogens (primary N) is 1. The van der Waals surface area contributed by atoms with E-state index >= 15 is 0 Å². The van der Waals surface area contributed by atoms with E-state index in [2.05, 4.69) is 32.4 Å².